The molecule has 3 rings (SSSR count). The second-order valence-electron chi connectivity index (χ2n) is 7.79. The van der Waals surface area contributed by atoms with Gasteiger partial charge in [-0.05, 0) is 18.6 Å². The Hall–Kier alpha value is -3.87. The third-order valence-corrected chi connectivity index (χ3v) is 5.49. The van der Waals surface area contributed by atoms with Gasteiger partial charge in [0, 0.05) is 42.9 Å². The Kier molecular flexibility index (Phi) is 7.01. The van der Waals surface area contributed by atoms with Gasteiger partial charge in [0.15, 0.2) is 6.17 Å². The number of benzene rings is 1. The summed E-state index contributed by atoms with van der Waals surface area (Å²) in [5.74, 6) is 3.38. The molecule has 0 spiro atoms. The smallest absolute Gasteiger partial charge is 0.298 e. The maximum absolute atomic E-state index is 14.1. The van der Waals surface area contributed by atoms with E-state index in [1.165, 1.54) is 24.3 Å². The normalized spacial score (nSPS) is 19.4. The van der Waals surface area contributed by atoms with Crippen LogP contribution in [0.15, 0.2) is 18.3 Å². The topological polar surface area (TPSA) is 124 Å². The Morgan fingerprint density at radius 1 is 1.30 bits per heavy atom. The first-order valence-corrected chi connectivity index (χ1v) is 10.3. The molecule has 0 radical (unpaired) electrons. The quantitative estimate of drug-likeness (QED) is 0.626. The zero-order valence-corrected chi connectivity index (χ0v) is 18.8. The largest absolute Gasteiger partial charge is 0.496 e. The van der Waals surface area contributed by atoms with Crippen molar-refractivity contribution in [1.29, 1.82) is 0 Å². The summed E-state index contributed by atoms with van der Waals surface area (Å²) in [5, 5.41) is 3.53. The maximum Gasteiger partial charge on any atom is 0.298 e. The number of hydrogen-bond acceptors (Lipinski definition) is 6. The van der Waals surface area contributed by atoms with E-state index < -0.39 is 35.9 Å². The number of carbonyl (C=O) groups is 3. The number of rotatable bonds is 6. The van der Waals surface area contributed by atoms with E-state index in [0.29, 0.717) is 22.8 Å². The van der Waals surface area contributed by atoms with Crippen LogP contribution in [-0.4, -0.2) is 67.6 Å². The molecule has 1 saturated heterocycles. The lowest BCUT2D eigenvalue weighted by Gasteiger charge is -2.19. The predicted octanol–water partition coefficient (Wildman–Crippen LogP) is 1.02. The lowest BCUT2D eigenvalue weighted by molar-refractivity contribution is -0.124. The van der Waals surface area contributed by atoms with E-state index in [0.717, 1.165) is 0 Å². The highest BCUT2D eigenvalue weighted by Crippen LogP contribution is 2.33. The zero-order valence-electron chi connectivity index (χ0n) is 18.8. The van der Waals surface area contributed by atoms with E-state index in [2.05, 4.69) is 22.1 Å². The second kappa shape index (κ2) is 9.73. The number of carbonyl (C=O) groups excluding carboxylic acids is 3. The number of fused-ring (bicyclic) bond motifs is 1. The number of pyridine rings is 1. The molecule has 0 aliphatic carbocycles. The fourth-order valence-electron chi connectivity index (χ4n) is 3.64. The first-order chi connectivity index (χ1) is 15.7. The highest BCUT2D eigenvalue weighted by Gasteiger charge is 2.41. The van der Waals surface area contributed by atoms with E-state index >= 15 is 0 Å². The molecular weight excluding hydrogens is 431 g/mol. The summed E-state index contributed by atoms with van der Waals surface area (Å²) >= 11 is 0. The minimum absolute atomic E-state index is 0.00318. The molecule has 1 aromatic carbocycles. The van der Waals surface area contributed by atoms with E-state index in [9.17, 15) is 18.8 Å². The molecule has 2 heterocycles. The van der Waals surface area contributed by atoms with Gasteiger partial charge in [-0.2, -0.15) is 0 Å². The molecule has 3 amide bonds. The molecule has 1 aliphatic rings. The third kappa shape index (κ3) is 4.82. The molecule has 33 heavy (non-hydrogen) atoms. The second-order valence-corrected chi connectivity index (χ2v) is 7.79. The number of aromatic nitrogens is 1. The summed E-state index contributed by atoms with van der Waals surface area (Å²) in [6.07, 6.45) is 0.290. The Morgan fingerprint density at radius 2 is 2.03 bits per heavy atom. The van der Waals surface area contributed by atoms with Crippen LogP contribution in [0.5, 0.6) is 11.6 Å². The number of methoxy groups -OCH3 is 1. The molecule has 3 atom stereocenters. The Morgan fingerprint density at radius 3 is 2.64 bits per heavy atom. The van der Waals surface area contributed by atoms with Crippen molar-refractivity contribution in [2.45, 2.75) is 25.6 Å². The van der Waals surface area contributed by atoms with Crippen molar-refractivity contribution in [2.75, 3.05) is 27.8 Å². The van der Waals surface area contributed by atoms with E-state index in [1.807, 2.05) is 0 Å². The number of nitrogens with two attached hydrogens (primary N) is 1. The lowest BCUT2D eigenvalue weighted by Crippen LogP contribution is -2.34. The van der Waals surface area contributed by atoms with Crippen LogP contribution in [0.2, 0.25) is 0 Å². The number of nitrogens with one attached hydrogen (secondary N) is 1. The van der Waals surface area contributed by atoms with Gasteiger partial charge in [-0.15, -0.1) is 0 Å². The van der Waals surface area contributed by atoms with Gasteiger partial charge < -0.3 is 25.4 Å². The number of alkyl halides is 1. The summed E-state index contributed by atoms with van der Waals surface area (Å²) in [4.78, 5) is 41.2. The molecular formula is C23H25FN4O5. The molecule has 2 aromatic rings. The van der Waals surface area contributed by atoms with Crippen LogP contribution >= 0.6 is 0 Å². The fourth-order valence-corrected chi connectivity index (χ4v) is 3.64. The van der Waals surface area contributed by atoms with Gasteiger partial charge in [-0.1, -0.05) is 12.8 Å². The first kappa shape index (κ1) is 23.8. The molecule has 1 aliphatic heterocycles. The number of primary amides is 1. The van der Waals surface area contributed by atoms with Crippen molar-refractivity contribution in [1.82, 2.24) is 15.2 Å². The number of hydrogen-bond donors (Lipinski definition) is 2. The average Bonchev–Trinajstić information content (AvgIpc) is 3.07. The summed E-state index contributed by atoms with van der Waals surface area (Å²) in [5.41, 5.74) is 5.99. The Balaban J connectivity index is 2.05. The first-order valence-electron chi connectivity index (χ1n) is 10.3. The van der Waals surface area contributed by atoms with E-state index in [-0.39, 0.29) is 23.8 Å². The van der Waals surface area contributed by atoms with Gasteiger partial charge in [0.1, 0.15) is 12.4 Å². The molecule has 9 nitrogen and oxygen atoms in total. The number of halogens is 1. The number of ether oxygens (including phenoxy) is 2. The molecule has 3 N–H and O–H groups in total. The highest BCUT2D eigenvalue weighted by atomic mass is 19.1. The molecule has 0 bridgehead atoms. The van der Waals surface area contributed by atoms with Crippen molar-refractivity contribution < 1.29 is 28.2 Å². The molecule has 0 saturated carbocycles. The van der Waals surface area contributed by atoms with E-state index in [4.69, 9.17) is 15.2 Å². The SMILES string of the molecule is CC[C@@H]1[C@H](F)C(=O)N[C@@H]1COc1ncc(C#CC(=O)N(C)C)c2cc(C(N)=O)c(OC)cc12. The maximum atomic E-state index is 14.1. The number of nitrogens with zero attached hydrogens (tertiary/aromatic N) is 2. The van der Waals surface area contributed by atoms with Crippen LogP contribution in [0.1, 0.15) is 29.3 Å². The molecule has 1 aromatic heterocycles. The van der Waals surface area contributed by atoms with Crippen LogP contribution in [-0.2, 0) is 9.59 Å². The summed E-state index contributed by atoms with van der Waals surface area (Å²) in [6.45, 7) is 1.80. The number of amides is 3. The van der Waals surface area contributed by atoms with Crippen molar-refractivity contribution in [2.24, 2.45) is 11.7 Å². The zero-order chi connectivity index (χ0) is 24.3. The summed E-state index contributed by atoms with van der Waals surface area (Å²) in [6, 6.07) is 2.52. The fraction of sp³-hybridized carbons (Fsp3) is 0.391. The van der Waals surface area contributed by atoms with Crippen LogP contribution in [0.4, 0.5) is 4.39 Å². The Bertz CT molecular complexity index is 1170. The lowest BCUT2D eigenvalue weighted by atomic mass is 9.97. The summed E-state index contributed by atoms with van der Waals surface area (Å²) < 4.78 is 25.3. The Labute approximate surface area is 190 Å². The van der Waals surface area contributed by atoms with Crippen LogP contribution in [0, 0.1) is 17.8 Å². The van der Waals surface area contributed by atoms with Crippen LogP contribution in [0.25, 0.3) is 10.8 Å². The van der Waals surface area contributed by atoms with Gasteiger partial charge in [0.05, 0.1) is 24.3 Å². The van der Waals surface area contributed by atoms with E-state index in [1.54, 1.807) is 27.1 Å². The monoisotopic (exact) mass is 456 g/mol. The van der Waals surface area contributed by atoms with Gasteiger partial charge in [-0.25, -0.2) is 9.37 Å². The van der Waals surface area contributed by atoms with Crippen molar-refractivity contribution in [3.8, 4) is 23.5 Å². The average molecular weight is 456 g/mol. The van der Waals surface area contributed by atoms with Gasteiger partial charge in [-0.3, -0.25) is 14.4 Å². The van der Waals surface area contributed by atoms with Gasteiger partial charge in [0.25, 0.3) is 17.7 Å². The molecule has 0 unspecified atom stereocenters. The van der Waals surface area contributed by atoms with Crippen molar-refractivity contribution in [3.63, 3.8) is 0 Å². The highest BCUT2D eigenvalue weighted by molar-refractivity contribution is 6.03. The molecule has 10 heteroatoms. The third-order valence-electron chi connectivity index (χ3n) is 5.49. The molecule has 174 valence electrons. The summed E-state index contributed by atoms with van der Waals surface area (Å²) in [7, 11) is 4.55. The van der Waals surface area contributed by atoms with Crippen molar-refractivity contribution in [3.05, 3.63) is 29.5 Å². The standard InChI is InChI=1S/C23H25FN4O5/c1-5-13-17(27-22(31)20(13)24)11-33-23-15-9-18(32-4)16(21(25)30)8-14(15)12(10-26-23)6-7-19(29)28(2)3/h8-10,13,17,20H,5,11H2,1-4H3,(H2,25,30)(H,27,31)/t13-,17+,20-/m0/s1. The van der Waals surface area contributed by atoms with Gasteiger partial charge in [0.2, 0.25) is 5.88 Å². The predicted molar refractivity (Wildman–Crippen MR) is 118 cm³/mol. The molecule has 1 fully saturated rings. The minimum atomic E-state index is -1.58. The van der Waals surface area contributed by atoms with Crippen LogP contribution in [0.3, 0.4) is 0 Å². The van der Waals surface area contributed by atoms with Crippen molar-refractivity contribution >= 4 is 28.5 Å². The minimum Gasteiger partial charge on any atom is -0.496 e. The van der Waals surface area contributed by atoms with Crippen LogP contribution < -0.4 is 20.5 Å². The van der Waals surface area contributed by atoms with Gasteiger partial charge >= 0.3 is 0 Å².